The number of aromatic nitrogens is 2. The quantitative estimate of drug-likeness (QED) is 0.360. The Morgan fingerprint density at radius 1 is 1.35 bits per heavy atom. The van der Waals surface area contributed by atoms with E-state index in [1.807, 2.05) is 30.3 Å². The van der Waals surface area contributed by atoms with Gasteiger partial charge in [-0.05, 0) is 54.9 Å². The number of halogens is 1. The van der Waals surface area contributed by atoms with Crippen molar-refractivity contribution < 1.29 is 0 Å². The van der Waals surface area contributed by atoms with E-state index in [4.69, 9.17) is 28.2 Å². The van der Waals surface area contributed by atoms with Gasteiger partial charge in [0.2, 0.25) is 0 Å². The first-order valence-corrected chi connectivity index (χ1v) is 10.8. The molecule has 0 radical (unpaired) electrons. The van der Waals surface area contributed by atoms with Crippen LogP contribution in [0.25, 0.3) is 16.6 Å². The first-order valence-electron chi connectivity index (χ1n) is 10.4. The maximum atomic E-state index is 13.2. The fourth-order valence-corrected chi connectivity index (χ4v) is 5.40. The number of H-pyrrole nitrogens is 1. The third-order valence-electron chi connectivity index (χ3n) is 7.01. The lowest BCUT2D eigenvalue weighted by Crippen LogP contribution is -2.53. The van der Waals surface area contributed by atoms with Crippen molar-refractivity contribution in [3.05, 3.63) is 63.2 Å². The van der Waals surface area contributed by atoms with Gasteiger partial charge in [-0.3, -0.25) is 20.2 Å². The molecule has 3 aromatic rings. The summed E-state index contributed by atoms with van der Waals surface area (Å²) in [7, 11) is 1.75. The minimum Gasteiger partial charge on any atom is -0.353 e. The molecule has 2 aliphatic carbocycles. The first kappa shape index (κ1) is 20.0. The Hall–Kier alpha value is -2.90. The average Bonchev–Trinajstić information content (AvgIpc) is 3.43. The zero-order valence-corrected chi connectivity index (χ0v) is 18.1. The van der Waals surface area contributed by atoms with Crippen molar-refractivity contribution in [1.29, 1.82) is 10.8 Å². The smallest absolute Gasteiger partial charge is 0.279 e. The normalized spacial score (nSPS) is 18.0. The minimum atomic E-state index is -0.435. The summed E-state index contributed by atoms with van der Waals surface area (Å²) in [5.74, 6) is 0.426. The van der Waals surface area contributed by atoms with E-state index in [9.17, 15) is 4.79 Å². The Bertz CT molecular complexity index is 1280. The fraction of sp³-hybridized carbons (Fsp3) is 0.348. The van der Waals surface area contributed by atoms with E-state index in [1.165, 1.54) is 19.2 Å². The Kier molecular flexibility index (Phi) is 4.39. The van der Waals surface area contributed by atoms with Crippen molar-refractivity contribution in [2.75, 3.05) is 7.05 Å². The minimum absolute atomic E-state index is 0.191. The summed E-state index contributed by atoms with van der Waals surface area (Å²) < 4.78 is 1.55. The van der Waals surface area contributed by atoms with Gasteiger partial charge in [-0.25, -0.2) is 0 Å². The molecule has 0 bridgehead atoms. The lowest BCUT2D eigenvalue weighted by atomic mass is 9.55. The van der Waals surface area contributed by atoms with E-state index in [1.54, 1.807) is 22.7 Å². The molecular weight excluding hydrogens is 412 g/mol. The molecule has 2 fully saturated rings. The van der Waals surface area contributed by atoms with Crippen LogP contribution in [-0.4, -0.2) is 33.7 Å². The number of hydrogen-bond acceptors (Lipinski definition) is 4. The highest BCUT2D eigenvalue weighted by molar-refractivity contribution is 6.35. The molecule has 2 aliphatic rings. The molecule has 0 saturated heterocycles. The largest absolute Gasteiger partial charge is 0.353 e. The SMILES string of the molecule is CN(C=N)C(=N)C1(c2cccc(-n3cc(Cl)c4cc(CN)[nH]c4c3=O)c2)CC2(CC2)C1. The van der Waals surface area contributed by atoms with Crippen molar-refractivity contribution in [3.63, 3.8) is 0 Å². The lowest BCUT2D eigenvalue weighted by Gasteiger charge is -2.50. The monoisotopic (exact) mass is 436 g/mol. The van der Waals surface area contributed by atoms with E-state index in [0.717, 1.165) is 24.1 Å². The molecule has 2 aromatic heterocycles. The predicted molar refractivity (Wildman–Crippen MR) is 124 cm³/mol. The number of hydrogen-bond donors (Lipinski definition) is 4. The molecule has 5 N–H and O–H groups in total. The molecule has 2 heterocycles. The number of nitrogens with zero attached hydrogens (tertiary/aromatic N) is 2. The molecule has 0 atom stereocenters. The molecule has 31 heavy (non-hydrogen) atoms. The van der Waals surface area contributed by atoms with E-state index in [2.05, 4.69) is 4.98 Å². The number of likely N-dealkylation sites (N-methyl/N-ethyl adjacent to an activating group) is 1. The Morgan fingerprint density at radius 2 is 2.10 bits per heavy atom. The Labute approximate surface area is 184 Å². The molecule has 5 rings (SSSR count). The molecule has 0 amide bonds. The van der Waals surface area contributed by atoms with Gasteiger partial charge in [-0.15, -0.1) is 0 Å². The van der Waals surface area contributed by atoms with Crippen LogP contribution in [0.3, 0.4) is 0 Å². The van der Waals surface area contributed by atoms with Crippen molar-refractivity contribution in [2.45, 2.75) is 37.6 Å². The summed E-state index contributed by atoms with van der Waals surface area (Å²) in [6.45, 7) is 0.298. The first-order chi connectivity index (χ1) is 14.8. The van der Waals surface area contributed by atoms with Crippen LogP contribution in [-0.2, 0) is 12.0 Å². The molecule has 0 unspecified atom stereocenters. The van der Waals surface area contributed by atoms with Crippen LogP contribution in [0.5, 0.6) is 0 Å². The zero-order chi connectivity index (χ0) is 22.0. The van der Waals surface area contributed by atoms with Crippen molar-refractivity contribution in [3.8, 4) is 5.69 Å². The lowest BCUT2D eigenvalue weighted by molar-refractivity contribution is 0.174. The number of aromatic amines is 1. The average molecular weight is 437 g/mol. The van der Waals surface area contributed by atoms with Crippen LogP contribution >= 0.6 is 11.6 Å². The number of rotatable bonds is 5. The van der Waals surface area contributed by atoms with Crippen LogP contribution in [0, 0.1) is 16.2 Å². The van der Waals surface area contributed by atoms with Crippen LogP contribution in [0.4, 0.5) is 0 Å². The Balaban J connectivity index is 1.62. The number of benzene rings is 1. The highest BCUT2D eigenvalue weighted by Crippen LogP contribution is 2.69. The summed E-state index contributed by atoms with van der Waals surface area (Å²) in [5, 5.41) is 17.5. The summed E-state index contributed by atoms with van der Waals surface area (Å²) in [5.41, 5.74) is 8.34. The summed E-state index contributed by atoms with van der Waals surface area (Å²) in [6.07, 6.45) is 7.06. The molecule has 1 spiro atoms. The predicted octanol–water partition coefficient (Wildman–Crippen LogP) is 3.76. The third kappa shape index (κ3) is 2.95. The number of nitrogens with one attached hydrogen (secondary N) is 3. The second kappa shape index (κ2) is 6.80. The molecule has 8 heteroatoms. The van der Waals surface area contributed by atoms with E-state index in [-0.39, 0.29) is 5.56 Å². The number of amidine groups is 1. The van der Waals surface area contributed by atoms with Gasteiger partial charge in [0.15, 0.2) is 0 Å². The summed E-state index contributed by atoms with van der Waals surface area (Å²) in [4.78, 5) is 17.9. The standard InChI is InChI=1S/C23H25ClN6O/c1-29(13-26)21(27)23(11-22(12-23)5-6-22)14-3-2-4-16(7-14)30-10-18(24)17-8-15(9-25)28-19(17)20(30)31/h2-4,7-8,10,13,26-28H,5-6,9,11-12,25H2,1H3. The highest BCUT2D eigenvalue weighted by Gasteiger charge is 2.63. The summed E-state index contributed by atoms with van der Waals surface area (Å²) >= 11 is 6.49. The van der Waals surface area contributed by atoms with Gasteiger partial charge in [-0.2, -0.15) is 0 Å². The second-order valence-corrected chi connectivity index (χ2v) is 9.42. The van der Waals surface area contributed by atoms with Crippen LogP contribution in [0.1, 0.15) is 36.9 Å². The van der Waals surface area contributed by atoms with Crippen LogP contribution < -0.4 is 11.3 Å². The number of pyridine rings is 1. The van der Waals surface area contributed by atoms with Crippen molar-refractivity contribution in [1.82, 2.24) is 14.5 Å². The van der Waals surface area contributed by atoms with Gasteiger partial charge in [0.1, 0.15) is 11.4 Å². The maximum absolute atomic E-state index is 13.2. The fourth-order valence-electron chi connectivity index (χ4n) is 5.15. The molecule has 1 aromatic carbocycles. The maximum Gasteiger partial charge on any atom is 0.279 e. The second-order valence-electron chi connectivity index (χ2n) is 9.01. The highest BCUT2D eigenvalue weighted by atomic mass is 35.5. The molecule has 0 aliphatic heterocycles. The zero-order valence-electron chi connectivity index (χ0n) is 17.3. The summed E-state index contributed by atoms with van der Waals surface area (Å²) in [6, 6.07) is 9.62. The Morgan fingerprint density at radius 3 is 2.74 bits per heavy atom. The van der Waals surface area contributed by atoms with Gasteiger partial charge in [0, 0.05) is 36.6 Å². The van der Waals surface area contributed by atoms with E-state index >= 15 is 0 Å². The van der Waals surface area contributed by atoms with Gasteiger partial charge >= 0.3 is 0 Å². The van der Waals surface area contributed by atoms with E-state index in [0.29, 0.717) is 39.4 Å². The van der Waals surface area contributed by atoms with Gasteiger partial charge < -0.3 is 15.6 Å². The topological polar surface area (TPSA) is 115 Å². The van der Waals surface area contributed by atoms with Crippen LogP contribution in [0.2, 0.25) is 5.02 Å². The number of nitrogens with two attached hydrogens (primary N) is 1. The molecular formula is C23H25ClN6O. The van der Waals surface area contributed by atoms with Crippen molar-refractivity contribution in [2.24, 2.45) is 11.1 Å². The molecule has 7 nitrogen and oxygen atoms in total. The van der Waals surface area contributed by atoms with Crippen LogP contribution in [0.15, 0.2) is 41.3 Å². The molecule has 2 saturated carbocycles. The van der Waals surface area contributed by atoms with Crippen molar-refractivity contribution >= 4 is 34.7 Å². The number of fused-ring (bicyclic) bond motifs is 1. The molecule has 160 valence electrons. The van der Waals surface area contributed by atoms with Gasteiger partial charge in [-0.1, -0.05) is 23.7 Å². The van der Waals surface area contributed by atoms with E-state index < -0.39 is 5.41 Å². The van der Waals surface area contributed by atoms with Gasteiger partial charge in [0.05, 0.1) is 16.8 Å². The third-order valence-corrected chi connectivity index (χ3v) is 7.31. The van der Waals surface area contributed by atoms with Gasteiger partial charge in [0.25, 0.3) is 5.56 Å².